The number of furan rings is 1. The molecule has 0 aliphatic carbocycles. The first-order valence-corrected chi connectivity index (χ1v) is 10.2. The van der Waals surface area contributed by atoms with Gasteiger partial charge >= 0.3 is 0 Å². The molecule has 7 nitrogen and oxygen atoms in total. The molecule has 27 heavy (non-hydrogen) atoms. The molecular formula is C18H23ClN2O5S. The predicted molar refractivity (Wildman–Crippen MR) is 102 cm³/mol. The van der Waals surface area contributed by atoms with Crippen LogP contribution in [0.1, 0.15) is 30.0 Å². The first kappa shape index (κ1) is 21.4. The van der Waals surface area contributed by atoms with Gasteiger partial charge in [-0.25, -0.2) is 13.1 Å². The number of benzene rings is 1. The van der Waals surface area contributed by atoms with E-state index in [1.165, 1.54) is 36.5 Å². The third-order valence-electron chi connectivity index (χ3n) is 3.65. The number of methoxy groups -OCH3 is 1. The molecule has 0 aliphatic rings. The fourth-order valence-corrected chi connectivity index (χ4v) is 3.90. The molecule has 1 amide bonds. The van der Waals surface area contributed by atoms with Crippen molar-refractivity contribution in [1.82, 2.24) is 9.62 Å². The van der Waals surface area contributed by atoms with Crippen LogP contribution in [-0.4, -0.2) is 45.5 Å². The maximum atomic E-state index is 13.0. The molecule has 9 heteroatoms. The van der Waals surface area contributed by atoms with Gasteiger partial charge in [-0.3, -0.25) is 4.79 Å². The van der Waals surface area contributed by atoms with Crippen molar-refractivity contribution in [1.29, 1.82) is 0 Å². The second-order valence-electron chi connectivity index (χ2n) is 6.22. The molecule has 1 heterocycles. The zero-order valence-electron chi connectivity index (χ0n) is 15.4. The van der Waals surface area contributed by atoms with Crippen molar-refractivity contribution in [3.63, 3.8) is 0 Å². The predicted octanol–water partition coefficient (Wildman–Crippen LogP) is 2.91. The minimum atomic E-state index is -3.75. The van der Waals surface area contributed by atoms with E-state index in [2.05, 4.69) is 4.72 Å². The van der Waals surface area contributed by atoms with E-state index in [-0.39, 0.29) is 28.1 Å². The van der Waals surface area contributed by atoms with E-state index in [1.54, 1.807) is 26.0 Å². The van der Waals surface area contributed by atoms with E-state index in [4.69, 9.17) is 20.8 Å². The normalized spacial score (nSPS) is 11.7. The number of halogens is 1. The zero-order chi connectivity index (χ0) is 20.0. The first-order valence-electron chi connectivity index (χ1n) is 8.37. The van der Waals surface area contributed by atoms with Crippen LogP contribution in [-0.2, 0) is 21.3 Å². The van der Waals surface area contributed by atoms with E-state index in [9.17, 15) is 13.2 Å². The molecule has 148 valence electrons. The van der Waals surface area contributed by atoms with Crippen molar-refractivity contribution in [2.24, 2.45) is 0 Å². The standard InChI is InChI=1S/C18H23ClN2O5S/c1-13(2)20-27(23,24)15-6-7-17(19)16(11-15)18(22)21(8-10-25-3)12-14-5-4-9-26-14/h4-7,9,11,13,20H,8,10,12H2,1-3H3. The number of hydrogen-bond donors (Lipinski definition) is 1. The molecule has 2 rings (SSSR count). The monoisotopic (exact) mass is 414 g/mol. The Morgan fingerprint density at radius 1 is 1.33 bits per heavy atom. The van der Waals surface area contributed by atoms with Gasteiger partial charge in [0.05, 0.1) is 34.9 Å². The van der Waals surface area contributed by atoms with Crippen molar-refractivity contribution in [3.8, 4) is 0 Å². The van der Waals surface area contributed by atoms with Crippen molar-refractivity contribution in [2.75, 3.05) is 20.3 Å². The Labute approximate surface area is 164 Å². The van der Waals surface area contributed by atoms with Crippen molar-refractivity contribution >= 4 is 27.5 Å². The Hall–Kier alpha value is -1.87. The van der Waals surface area contributed by atoms with Crippen LogP contribution in [0.5, 0.6) is 0 Å². The van der Waals surface area contributed by atoms with Gasteiger partial charge in [-0.2, -0.15) is 0 Å². The van der Waals surface area contributed by atoms with Crippen molar-refractivity contribution in [3.05, 3.63) is 52.9 Å². The summed E-state index contributed by atoms with van der Waals surface area (Å²) < 4.78 is 37.7. The number of amides is 1. The second kappa shape index (κ2) is 9.36. The minimum Gasteiger partial charge on any atom is -0.467 e. The highest BCUT2D eigenvalue weighted by Crippen LogP contribution is 2.23. The highest BCUT2D eigenvalue weighted by Gasteiger charge is 2.23. The van der Waals surface area contributed by atoms with Gasteiger partial charge in [0.1, 0.15) is 5.76 Å². The molecule has 1 aromatic heterocycles. The smallest absolute Gasteiger partial charge is 0.255 e. The molecule has 0 spiro atoms. The Balaban J connectivity index is 2.35. The molecule has 0 bridgehead atoms. The van der Waals surface area contributed by atoms with E-state index in [0.717, 1.165) is 0 Å². The molecule has 0 fully saturated rings. The van der Waals surface area contributed by atoms with E-state index >= 15 is 0 Å². The number of rotatable bonds is 9. The number of sulfonamides is 1. The summed E-state index contributed by atoms with van der Waals surface area (Å²) in [5.41, 5.74) is 0.103. The molecule has 0 unspecified atom stereocenters. The van der Waals surface area contributed by atoms with Gasteiger partial charge < -0.3 is 14.1 Å². The molecule has 0 atom stereocenters. The van der Waals surface area contributed by atoms with Crippen LogP contribution in [0.4, 0.5) is 0 Å². The summed E-state index contributed by atoms with van der Waals surface area (Å²) in [7, 11) is -2.21. The average molecular weight is 415 g/mol. The molecule has 0 aliphatic heterocycles. The van der Waals surface area contributed by atoms with E-state index in [1.807, 2.05) is 0 Å². The lowest BCUT2D eigenvalue weighted by Crippen LogP contribution is -2.34. The number of carbonyl (C=O) groups excluding carboxylic acids is 1. The fourth-order valence-electron chi connectivity index (χ4n) is 2.43. The molecule has 2 aromatic rings. The minimum absolute atomic E-state index is 0.0198. The van der Waals surface area contributed by atoms with Gasteiger partial charge in [0, 0.05) is 19.7 Å². The largest absolute Gasteiger partial charge is 0.467 e. The summed E-state index contributed by atoms with van der Waals surface area (Å²) in [5.74, 6) is 0.191. The summed E-state index contributed by atoms with van der Waals surface area (Å²) in [6.45, 7) is 4.27. The lowest BCUT2D eigenvalue weighted by molar-refractivity contribution is 0.0666. The summed E-state index contributed by atoms with van der Waals surface area (Å²) in [4.78, 5) is 14.5. The zero-order valence-corrected chi connectivity index (χ0v) is 17.0. The van der Waals surface area contributed by atoms with Crippen molar-refractivity contribution < 1.29 is 22.4 Å². The first-order chi connectivity index (χ1) is 12.7. The molecule has 1 aromatic carbocycles. The maximum Gasteiger partial charge on any atom is 0.255 e. The number of nitrogens with zero attached hydrogens (tertiary/aromatic N) is 1. The molecule has 1 N–H and O–H groups in total. The lowest BCUT2D eigenvalue weighted by Gasteiger charge is -2.22. The van der Waals surface area contributed by atoms with Crippen LogP contribution in [0.2, 0.25) is 5.02 Å². The summed E-state index contributed by atoms with van der Waals surface area (Å²) in [6, 6.07) is 7.27. The Kier molecular flexibility index (Phi) is 7.43. The third kappa shape index (κ3) is 5.80. The molecule has 0 radical (unpaired) electrons. The van der Waals surface area contributed by atoms with Gasteiger partial charge in [0.15, 0.2) is 0 Å². The van der Waals surface area contributed by atoms with Crippen LogP contribution < -0.4 is 4.72 Å². The number of hydrogen-bond acceptors (Lipinski definition) is 5. The van der Waals surface area contributed by atoms with Gasteiger partial charge in [0.25, 0.3) is 5.91 Å². The van der Waals surface area contributed by atoms with Gasteiger partial charge in [-0.15, -0.1) is 0 Å². The van der Waals surface area contributed by atoms with Crippen LogP contribution in [0.25, 0.3) is 0 Å². The third-order valence-corrected chi connectivity index (χ3v) is 5.63. The van der Waals surface area contributed by atoms with Gasteiger partial charge in [0.2, 0.25) is 10.0 Å². The molecule has 0 saturated heterocycles. The summed E-state index contributed by atoms with van der Waals surface area (Å²) in [5, 5.41) is 0.172. The highest BCUT2D eigenvalue weighted by molar-refractivity contribution is 7.89. The lowest BCUT2D eigenvalue weighted by atomic mass is 10.2. The quantitative estimate of drug-likeness (QED) is 0.681. The van der Waals surface area contributed by atoms with Gasteiger partial charge in [-0.1, -0.05) is 11.6 Å². The van der Waals surface area contributed by atoms with Crippen LogP contribution in [0, 0.1) is 0 Å². The fraction of sp³-hybridized carbons (Fsp3) is 0.389. The summed E-state index contributed by atoms with van der Waals surface area (Å²) in [6.07, 6.45) is 1.52. The van der Waals surface area contributed by atoms with Crippen LogP contribution in [0.3, 0.4) is 0 Å². The topological polar surface area (TPSA) is 88.8 Å². The summed E-state index contributed by atoms with van der Waals surface area (Å²) >= 11 is 6.19. The SMILES string of the molecule is COCCN(Cc1ccco1)C(=O)c1cc(S(=O)(=O)NC(C)C)ccc1Cl. The maximum absolute atomic E-state index is 13.0. The number of carbonyl (C=O) groups is 1. The second-order valence-corrected chi connectivity index (χ2v) is 8.34. The average Bonchev–Trinajstić information content (AvgIpc) is 3.10. The molecule has 0 saturated carbocycles. The van der Waals surface area contributed by atoms with E-state index < -0.39 is 15.9 Å². The Morgan fingerprint density at radius 3 is 2.67 bits per heavy atom. The Morgan fingerprint density at radius 2 is 2.07 bits per heavy atom. The van der Waals surface area contributed by atoms with E-state index in [0.29, 0.717) is 18.9 Å². The highest BCUT2D eigenvalue weighted by atomic mass is 35.5. The van der Waals surface area contributed by atoms with Crippen LogP contribution in [0.15, 0.2) is 45.9 Å². The van der Waals surface area contributed by atoms with Crippen LogP contribution >= 0.6 is 11.6 Å². The number of ether oxygens (including phenoxy) is 1. The van der Waals surface area contributed by atoms with Gasteiger partial charge in [-0.05, 0) is 44.2 Å². The van der Waals surface area contributed by atoms with Crippen molar-refractivity contribution in [2.45, 2.75) is 31.3 Å². The number of nitrogens with one attached hydrogen (secondary N) is 1. The Bertz CT molecular complexity index is 866. The molecular weight excluding hydrogens is 392 g/mol.